The SMILES string of the molecule is [C-]#[N+]c1cc(OC)c([C@H](N[S@@](=O)C(C)(C)C)C2CCN(C(=O)[C@H]3COC(C)(C)O3)CC2)cc1Cl. The van der Waals surface area contributed by atoms with Crippen molar-refractivity contribution in [2.75, 3.05) is 26.8 Å². The van der Waals surface area contributed by atoms with E-state index < -0.39 is 27.6 Å². The first kappa shape index (κ1) is 26.9. The van der Waals surface area contributed by atoms with Gasteiger partial charge in [-0.3, -0.25) is 4.79 Å². The smallest absolute Gasteiger partial charge is 0.254 e. The maximum Gasteiger partial charge on any atom is 0.254 e. The fourth-order valence-corrected chi connectivity index (χ4v) is 5.35. The molecule has 188 valence electrons. The third kappa shape index (κ3) is 6.10. The molecule has 0 spiro atoms. The summed E-state index contributed by atoms with van der Waals surface area (Å²) >= 11 is 6.38. The van der Waals surface area contributed by atoms with Gasteiger partial charge in [0, 0.05) is 23.7 Å². The van der Waals surface area contributed by atoms with Gasteiger partial charge in [-0.25, -0.2) is 13.8 Å². The van der Waals surface area contributed by atoms with Crippen LogP contribution in [-0.4, -0.2) is 58.5 Å². The molecule has 0 aliphatic carbocycles. The molecule has 0 unspecified atom stereocenters. The van der Waals surface area contributed by atoms with Gasteiger partial charge in [-0.15, -0.1) is 0 Å². The lowest BCUT2D eigenvalue weighted by Crippen LogP contribution is -2.47. The van der Waals surface area contributed by atoms with Crippen LogP contribution in [0.3, 0.4) is 0 Å². The Morgan fingerprint density at radius 1 is 1.35 bits per heavy atom. The van der Waals surface area contributed by atoms with E-state index in [2.05, 4.69) is 9.57 Å². The molecule has 0 radical (unpaired) electrons. The Hall–Kier alpha value is -1.70. The number of nitrogens with one attached hydrogen (secondary N) is 1. The van der Waals surface area contributed by atoms with Gasteiger partial charge in [0.25, 0.3) is 5.91 Å². The number of amides is 1. The summed E-state index contributed by atoms with van der Waals surface area (Å²) in [5.41, 5.74) is 1.07. The van der Waals surface area contributed by atoms with Crippen molar-refractivity contribution in [3.63, 3.8) is 0 Å². The number of piperidine rings is 1. The molecule has 3 atom stereocenters. The Balaban J connectivity index is 1.82. The van der Waals surface area contributed by atoms with Crippen LogP contribution in [0.4, 0.5) is 5.69 Å². The average Bonchev–Trinajstić information content (AvgIpc) is 3.15. The summed E-state index contributed by atoms with van der Waals surface area (Å²) in [6, 6.07) is 3.03. The molecule has 0 bridgehead atoms. The number of hydrogen-bond donors (Lipinski definition) is 1. The number of methoxy groups -OCH3 is 1. The summed E-state index contributed by atoms with van der Waals surface area (Å²) in [4.78, 5) is 18.2. The van der Waals surface area contributed by atoms with Crippen molar-refractivity contribution in [2.24, 2.45) is 5.92 Å². The summed E-state index contributed by atoms with van der Waals surface area (Å²) in [6.45, 7) is 18.0. The molecule has 1 aromatic rings. The number of nitrogens with zero attached hydrogens (tertiary/aromatic N) is 2. The minimum absolute atomic E-state index is 0.0613. The van der Waals surface area contributed by atoms with Crippen LogP contribution in [-0.2, 0) is 25.3 Å². The third-order valence-corrected chi connectivity index (χ3v) is 8.03. The van der Waals surface area contributed by atoms with Gasteiger partial charge < -0.3 is 19.1 Å². The first-order chi connectivity index (χ1) is 15.9. The zero-order valence-electron chi connectivity index (χ0n) is 20.6. The second-order valence-electron chi connectivity index (χ2n) is 10.1. The molecule has 2 aliphatic heterocycles. The summed E-state index contributed by atoms with van der Waals surface area (Å²) in [7, 11) is 0.198. The highest BCUT2D eigenvalue weighted by Crippen LogP contribution is 2.41. The average molecular weight is 512 g/mol. The van der Waals surface area contributed by atoms with Crippen molar-refractivity contribution in [1.29, 1.82) is 0 Å². The highest BCUT2D eigenvalue weighted by Gasteiger charge is 2.41. The monoisotopic (exact) mass is 511 g/mol. The topological polar surface area (TPSA) is 81.5 Å². The predicted octanol–water partition coefficient (Wildman–Crippen LogP) is 4.38. The fraction of sp³-hybridized carbons (Fsp3) is 0.667. The summed E-state index contributed by atoms with van der Waals surface area (Å²) in [5.74, 6) is -0.209. The molecule has 0 saturated carbocycles. The van der Waals surface area contributed by atoms with E-state index in [0.717, 1.165) is 5.56 Å². The molecule has 2 heterocycles. The highest BCUT2D eigenvalue weighted by molar-refractivity contribution is 7.84. The van der Waals surface area contributed by atoms with Gasteiger partial charge >= 0.3 is 0 Å². The maximum absolute atomic E-state index is 13.1. The number of ether oxygens (including phenoxy) is 3. The van der Waals surface area contributed by atoms with Crippen LogP contribution in [0.5, 0.6) is 5.75 Å². The Morgan fingerprint density at radius 2 is 2.00 bits per heavy atom. The molecule has 3 rings (SSSR count). The first-order valence-electron chi connectivity index (χ1n) is 11.4. The molecule has 0 aromatic heterocycles. The second kappa shape index (κ2) is 10.5. The summed E-state index contributed by atoms with van der Waals surface area (Å²) < 4.78 is 32.8. The lowest BCUT2D eigenvalue weighted by molar-refractivity contribution is -0.161. The molecule has 34 heavy (non-hydrogen) atoms. The lowest BCUT2D eigenvalue weighted by atomic mass is 9.85. The van der Waals surface area contributed by atoms with E-state index >= 15 is 0 Å². The number of halogens is 1. The van der Waals surface area contributed by atoms with Crippen molar-refractivity contribution >= 4 is 34.2 Å². The van der Waals surface area contributed by atoms with Crippen molar-refractivity contribution in [3.8, 4) is 5.75 Å². The number of rotatable bonds is 6. The van der Waals surface area contributed by atoms with Crippen LogP contribution in [0.2, 0.25) is 5.02 Å². The van der Waals surface area contributed by atoms with E-state index in [1.807, 2.05) is 25.7 Å². The van der Waals surface area contributed by atoms with Crippen LogP contribution < -0.4 is 9.46 Å². The van der Waals surface area contributed by atoms with Crippen LogP contribution in [0.1, 0.15) is 59.1 Å². The molecule has 1 N–H and O–H groups in total. The standard InChI is InChI=1S/C24H34ClN3O5S/c1-23(2,3)34(30)27-21(16-12-17(25)18(26-6)13-19(16)31-7)15-8-10-28(11-9-15)22(29)20-14-32-24(4,5)33-20/h12-13,15,20-21,27H,8-11,14H2,1-5,7H3/t20-,21-,34+/m1/s1. The van der Waals surface area contributed by atoms with Gasteiger partial charge in [0.1, 0.15) is 5.75 Å². The molecule has 8 nitrogen and oxygen atoms in total. The number of carbonyl (C=O) groups excluding carboxylic acids is 1. The molecule has 2 aliphatic rings. The normalized spacial score (nSPS) is 22.8. The van der Waals surface area contributed by atoms with Gasteiger partial charge in [-0.05, 0) is 65.5 Å². The van der Waals surface area contributed by atoms with Gasteiger partial charge in [-0.1, -0.05) is 11.6 Å². The lowest BCUT2D eigenvalue weighted by Gasteiger charge is -2.38. The maximum atomic E-state index is 13.1. The van der Waals surface area contributed by atoms with Crippen LogP contribution >= 0.6 is 11.6 Å². The second-order valence-corrected chi connectivity index (χ2v) is 12.5. The largest absolute Gasteiger partial charge is 0.498 e. The summed E-state index contributed by atoms with van der Waals surface area (Å²) in [5, 5.41) is 0.327. The van der Waals surface area contributed by atoms with E-state index in [0.29, 0.717) is 42.4 Å². The van der Waals surface area contributed by atoms with Crippen molar-refractivity contribution in [1.82, 2.24) is 9.62 Å². The van der Waals surface area contributed by atoms with E-state index in [-0.39, 0.29) is 24.5 Å². The number of hydrogen-bond acceptors (Lipinski definition) is 5. The van der Waals surface area contributed by atoms with Gasteiger partial charge in [0.05, 0.1) is 42.1 Å². The van der Waals surface area contributed by atoms with Gasteiger partial charge in [0.2, 0.25) is 5.69 Å². The van der Waals surface area contributed by atoms with E-state index in [9.17, 15) is 9.00 Å². The Kier molecular flexibility index (Phi) is 8.31. The number of benzene rings is 1. The Morgan fingerprint density at radius 3 is 2.50 bits per heavy atom. The van der Waals surface area contributed by atoms with E-state index in [1.165, 1.54) is 0 Å². The minimum atomic E-state index is -1.35. The van der Waals surface area contributed by atoms with Crippen LogP contribution in [0.15, 0.2) is 12.1 Å². The van der Waals surface area contributed by atoms with Gasteiger partial charge in [0.15, 0.2) is 11.9 Å². The number of likely N-dealkylation sites (tertiary alicyclic amines) is 1. The van der Waals surface area contributed by atoms with Gasteiger partial charge in [-0.2, -0.15) is 0 Å². The highest BCUT2D eigenvalue weighted by atomic mass is 35.5. The minimum Gasteiger partial charge on any atom is -0.498 e. The van der Waals surface area contributed by atoms with Crippen molar-refractivity contribution in [2.45, 2.75) is 70.1 Å². The predicted molar refractivity (Wildman–Crippen MR) is 132 cm³/mol. The molecule has 10 heteroatoms. The Bertz CT molecular complexity index is 980. The van der Waals surface area contributed by atoms with Crippen molar-refractivity contribution in [3.05, 3.63) is 34.1 Å². The van der Waals surface area contributed by atoms with Crippen LogP contribution in [0, 0.1) is 12.5 Å². The molecular weight excluding hydrogens is 478 g/mol. The molecule has 2 fully saturated rings. The first-order valence-corrected chi connectivity index (χ1v) is 12.9. The zero-order chi connectivity index (χ0) is 25.3. The van der Waals surface area contributed by atoms with E-state index in [1.54, 1.807) is 33.1 Å². The molecular formula is C24H34ClN3O5S. The Labute approximate surface area is 209 Å². The molecule has 2 saturated heterocycles. The molecule has 1 amide bonds. The van der Waals surface area contributed by atoms with E-state index in [4.69, 9.17) is 32.4 Å². The quantitative estimate of drug-likeness (QED) is 0.573. The fourth-order valence-electron chi connectivity index (χ4n) is 4.23. The number of carbonyl (C=O) groups is 1. The molecule has 1 aromatic carbocycles. The third-order valence-electron chi connectivity index (χ3n) is 6.15. The van der Waals surface area contributed by atoms with Crippen LogP contribution in [0.25, 0.3) is 4.85 Å². The summed E-state index contributed by atoms with van der Waals surface area (Å²) in [6.07, 6.45) is 0.814. The van der Waals surface area contributed by atoms with Crippen molar-refractivity contribution < 1.29 is 23.2 Å². The zero-order valence-corrected chi connectivity index (χ0v) is 22.2.